The fourth-order valence-corrected chi connectivity index (χ4v) is 3.77. The van der Waals surface area contributed by atoms with Gasteiger partial charge in [0.05, 0.1) is 18.8 Å². The van der Waals surface area contributed by atoms with Gasteiger partial charge in [-0.15, -0.1) is 16.9 Å². The van der Waals surface area contributed by atoms with Crippen molar-refractivity contribution in [3.63, 3.8) is 0 Å². The zero-order valence-electron chi connectivity index (χ0n) is 15.4. The molecule has 1 aliphatic rings. The van der Waals surface area contributed by atoms with Crippen molar-refractivity contribution < 1.29 is 9.26 Å². The van der Waals surface area contributed by atoms with Crippen molar-refractivity contribution >= 4 is 23.4 Å². The van der Waals surface area contributed by atoms with Gasteiger partial charge in [0.1, 0.15) is 6.10 Å². The molecule has 7 nitrogen and oxygen atoms in total. The summed E-state index contributed by atoms with van der Waals surface area (Å²) in [5.41, 5.74) is 3.31. The molecule has 2 aromatic carbocycles. The highest BCUT2D eigenvalue weighted by atomic mass is 35.5. The molecule has 0 unspecified atom stereocenters. The lowest BCUT2D eigenvalue weighted by Crippen LogP contribution is -2.22. The number of thioether (sulfide) groups is 1. The van der Waals surface area contributed by atoms with Gasteiger partial charge in [0.15, 0.2) is 5.69 Å². The van der Waals surface area contributed by atoms with E-state index in [9.17, 15) is 0 Å². The molecule has 0 amide bonds. The van der Waals surface area contributed by atoms with Crippen molar-refractivity contribution in [2.45, 2.75) is 24.2 Å². The average Bonchev–Trinajstić information content (AvgIpc) is 3.41. The van der Waals surface area contributed by atoms with Crippen molar-refractivity contribution in [1.82, 2.24) is 25.1 Å². The Hall–Kier alpha value is -2.68. The molecule has 1 atom stereocenters. The van der Waals surface area contributed by atoms with Gasteiger partial charge >= 0.3 is 0 Å². The number of halogens is 1. The standard InChI is InChI=1S/C20H16ClN5O2S/c1-29-15-8-4-13(5-9-15)19-22-20(28-24-19)18-16-11-27-17(10-26(16)25-23-18)12-2-6-14(21)7-3-12/h2-9,17H,10-11H2,1H3/t17-/m0/s1. The fourth-order valence-electron chi connectivity index (χ4n) is 3.23. The average molecular weight is 426 g/mol. The maximum absolute atomic E-state index is 6.03. The SMILES string of the molecule is CSc1ccc(-c2noc(-c3nnn4c3CO[C@H](c3ccc(Cl)cc3)C4)n2)cc1. The molecule has 2 aromatic heterocycles. The number of ether oxygens (including phenoxy) is 1. The minimum Gasteiger partial charge on any atom is -0.365 e. The Labute approximate surface area is 176 Å². The first-order valence-electron chi connectivity index (χ1n) is 8.99. The lowest BCUT2D eigenvalue weighted by Gasteiger charge is -2.24. The molecule has 146 valence electrons. The van der Waals surface area contributed by atoms with Gasteiger partial charge < -0.3 is 9.26 Å². The number of nitrogens with zero attached hydrogens (tertiary/aromatic N) is 5. The minimum absolute atomic E-state index is 0.109. The number of hydrogen-bond acceptors (Lipinski definition) is 7. The van der Waals surface area contributed by atoms with Crippen molar-refractivity contribution in [3.05, 3.63) is 64.8 Å². The van der Waals surface area contributed by atoms with E-state index in [-0.39, 0.29) is 6.10 Å². The third-order valence-electron chi connectivity index (χ3n) is 4.82. The first kappa shape index (κ1) is 18.4. The van der Waals surface area contributed by atoms with Crippen LogP contribution in [0.25, 0.3) is 23.0 Å². The van der Waals surface area contributed by atoms with E-state index < -0.39 is 0 Å². The highest BCUT2D eigenvalue weighted by Gasteiger charge is 2.28. The highest BCUT2D eigenvalue weighted by Crippen LogP contribution is 2.31. The summed E-state index contributed by atoms with van der Waals surface area (Å²) in [4.78, 5) is 5.68. The van der Waals surface area contributed by atoms with Crippen LogP contribution in [0, 0.1) is 0 Å². The van der Waals surface area contributed by atoms with Crippen molar-refractivity contribution in [2.75, 3.05) is 6.26 Å². The summed E-state index contributed by atoms with van der Waals surface area (Å²) < 4.78 is 13.3. The summed E-state index contributed by atoms with van der Waals surface area (Å²) in [5, 5.41) is 13.3. The largest absolute Gasteiger partial charge is 0.365 e. The molecular formula is C20H16ClN5O2S. The molecule has 0 bridgehead atoms. The number of aromatic nitrogens is 5. The second kappa shape index (κ2) is 7.62. The Balaban J connectivity index is 1.39. The number of rotatable bonds is 4. The van der Waals surface area contributed by atoms with Gasteiger partial charge in [-0.05, 0) is 48.2 Å². The summed E-state index contributed by atoms with van der Waals surface area (Å²) in [5.74, 6) is 0.855. The van der Waals surface area contributed by atoms with E-state index in [1.165, 1.54) is 4.90 Å². The Morgan fingerprint density at radius 3 is 2.66 bits per heavy atom. The number of benzene rings is 2. The number of hydrogen-bond donors (Lipinski definition) is 0. The van der Waals surface area contributed by atoms with Gasteiger partial charge in [-0.2, -0.15) is 4.98 Å². The van der Waals surface area contributed by atoms with Gasteiger partial charge in [0.25, 0.3) is 5.89 Å². The van der Waals surface area contributed by atoms with Crippen LogP contribution in [-0.2, 0) is 17.9 Å². The van der Waals surface area contributed by atoms with Gasteiger partial charge in [-0.3, -0.25) is 0 Å². The second-order valence-electron chi connectivity index (χ2n) is 6.57. The van der Waals surface area contributed by atoms with Crippen LogP contribution >= 0.6 is 23.4 Å². The molecule has 29 heavy (non-hydrogen) atoms. The van der Waals surface area contributed by atoms with E-state index in [0.717, 1.165) is 16.8 Å². The second-order valence-corrected chi connectivity index (χ2v) is 7.89. The summed E-state index contributed by atoms with van der Waals surface area (Å²) in [6.07, 6.45) is 1.93. The van der Waals surface area contributed by atoms with Gasteiger partial charge in [-0.1, -0.05) is 34.1 Å². The molecule has 9 heteroatoms. The molecule has 0 saturated heterocycles. The summed E-state index contributed by atoms with van der Waals surface area (Å²) in [7, 11) is 0. The van der Waals surface area contributed by atoms with Crippen LogP contribution in [0.1, 0.15) is 17.4 Å². The summed E-state index contributed by atoms with van der Waals surface area (Å²) in [6, 6.07) is 15.6. The molecule has 4 aromatic rings. The Morgan fingerprint density at radius 1 is 1.10 bits per heavy atom. The Kier molecular flexibility index (Phi) is 4.83. The van der Waals surface area contributed by atoms with Crippen LogP contribution in [-0.4, -0.2) is 31.4 Å². The summed E-state index contributed by atoms with van der Waals surface area (Å²) in [6.45, 7) is 0.914. The minimum atomic E-state index is -0.109. The monoisotopic (exact) mass is 425 g/mol. The normalized spacial score (nSPS) is 16.0. The smallest absolute Gasteiger partial charge is 0.280 e. The first-order valence-corrected chi connectivity index (χ1v) is 10.6. The molecule has 0 N–H and O–H groups in total. The maximum atomic E-state index is 6.03. The van der Waals surface area contributed by atoms with E-state index in [2.05, 4.69) is 20.5 Å². The zero-order valence-corrected chi connectivity index (χ0v) is 17.0. The quantitative estimate of drug-likeness (QED) is 0.440. The molecule has 0 aliphatic carbocycles. The lowest BCUT2D eigenvalue weighted by atomic mass is 10.1. The van der Waals surface area contributed by atoms with Crippen LogP contribution in [0.4, 0.5) is 0 Å². The fraction of sp³-hybridized carbons (Fsp3) is 0.200. The van der Waals surface area contributed by atoms with Crippen LogP contribution in [0.2, 0.25) is 5.02 Å². The molecule has 5 rings (SSSR count). The van der Waals surface area contributed by atoms with Crippen LogP contribution in [0.3, 0.4) is 0 Å². The van der Waals surface area contributed by atoms with Crippen LogP contribution in [0.5, 0.6) is 0 Å². The van der Waals surface area contributed by atoms with Crippen LogP contribution in [0.15, 0.2) is 57.9 Å². The van der Waals surface area contributed by atoms with E-state index in [4.69, 9.17) is 20.9 Å². The van der Waals surface area contributed by atoms with E-state index >= 15 is 0 Å². The third kappa shape index (κ3) is 3.55. The third-order valence-corrected chi connectivity index (χ3v) is 5.81. The highest BCUT2D eigenvalue weighted by molar-refractivity contribution is 7.98. The van der Waals surface area contributed by atoms with Crippen molar-refractivity contribution in [2.24, 2.45) is 0 Å². The number of fused-ring (bicyclic) bond motifs is 1. The molecule has 0 fully saturated rings. The van der Waals surface area contributed by atoms with E-state index in [1.54, 1.807) is 11.8 Å². The van der Waals surface area contributed by atoms with Crippen LogP contribution < -0.4 is 0 Å². The molecule has 0 saturated carbocycles. The van der Waals surface area contributed by atoms with Gasteiger partial charge in [-0.25, -0.2) is 4.68 Å². The van der Waals surface area contributed by atoms with Crippen molar-refractivity contribution in [1.29, 1.82) is 0 Å². The predicted molar refractivity (Wildman–Crippen MR) is 110 cm³/mol. The maximum Gasteiger partial charge on any atom is 0.280 e. The molecular weight excluding hydrogens is 410 g/mol. The Bertz CT molecular complexity index is 1140. The van der Waals surface area contributed by atoms with E-state index in [0.29, 0.717) is 35.6 Å². The van der Waals surface area contributed by atoms with E-state index in [1.807, 2.05) is 59.5 Å². The zero-order chi connectivity index (χ0) is 19.8. The lowest BCUT2D eigenvalue weighted by molar-refractivity contribution is -0.00117. The van der Waals surface area contributed by atoms with Gasteiger partial charge in [0, 0.05) is 15.5 Å². The molecule has 3 heterocycles. The Morgan fingerprint density at radius 2 is 1.90 bits per heavy atom. The predicted octanol–water partition coefficient (Wildman–Crippen LogP) is 4.64. The first-order chi connectivity index (χ1) is 14.2. The topological polar surface area (TPSA) is 78.9 Å². The van der Waals surface area contributed by atoms with Gasteiger partial charge in [0.2, 0.25) is 5.82 Å². The summed E-state index contributed by atoms with van der Waals surface area (Å²) >= 11 is 7.66. The van der Waals surface area contributed by atoms with Crippen molar-refractivity contribution in [3.8, 4) is 23.0 Å². The molecule has 0 radical (unpaired) electrons. The molecule has 1 aliphatic heterocycles. The molecule has 0 spiro atoms.